The number of hydrogen-bond acceptors (Lipinski definition) is 2. The molecule has 12 heavy (non-hydrogen) atoms. The average Bonchev–Trinajstić information content (AvgIpc) is 2.56. The van der Waals surface area contributed by atoms with E-state index in [9.17, 15) is 4.79 Å². The van der Waals surface area contributed by atoms with Crippen LogP contribution >= 0.6 is 0 Å². The van der Waals surface area contributed by atoms with E-state index >= 15 is 0 Å². The minimum Gasteiger partial charge on any atom is -0.370 e. The van der Waals surface area contributed by atoms with Crippen molar-refractivity contribution in [2.24, 2.45) is 0 Å². The van der Waals surface area contributed by atoms with Crippen LogP contribution in [0.1, 0.15) is 32.6 Å². The number of allylic oxidation sites excluding steroid dienone is 1. The van der Waals surface area contributed by atoms with E-state index in [0.29, 0.717) is 6.42 Å². The molecular weight excluding hydrogens is 152 g/mol. The minimum absolute atomic E-state index is 0.131. The Bertz CT molecular complexity index is 178. The van der Waals surface area contributed by atoms with E-state index in [-0.39, 0.29) is 11.9 Å². The molecule has 0 amide bonds. The maximum absolute atomic E-state index is 11.4. The van der Waals surface area contributed by atoms with Crippen LogP contribution in [0.25, 0.3) is 0 Å². The number of hydrogen-bond donors (Lipinski definition) is 0. The largest absolute Gasteiger partial charge is 0.370 e. The summed E-state index contributed by atoms with van der Waals surface area (Å²) in [6, 6.07) is 0. The van der Waals surface area contributed by atoms with Crippen LogP contribution in [0.2, 0.25) is 0 Å². The van der Waals surface area contributed by atoms with Gasteiger partial charge in [-0.15, -0.1) is 0 Å². The fourth-order valence-electron chi connectivity index (χ4n) is 1.32. The van der Waals surface area contributed by atoms with Crippen molar-refractivity contribution in [3.63, 3.8) is 0 Å². The molecule has 1 aliphatic heterocycles. The average molecular weight is 168 g/mol. The van der Waals surface area contributed by atoms with Crippen molar-refractivity contribution in [2.75, 3.05) is 6.61 Å². The van der Waals surface area contributed by atoms with Crippen LogP contribution in [0.3, 0.4) is 0 Å². The summed E-state index contributed by atoms with van der Waals surface area (Å²) in [5.41, 5.74) is 1.01. The summed E-state index contributed by atoms with van der Waals surface area (Å²) in [6.07, 6.45) is 3.18. The molecule has 1 atom stereocenters. The predicted octanol–water partition coefficient (Wildman–Crippen LogP) is 2.09. The zero-order valence-corrected chi connectivity index (χ0v) is 7.64. The molecule has 1 rings (SSSR count). The van der Waals surface area contributed by atoms with Gasteiger partial charge < -0.3 is 4.74 Å². The molecule has 68 valence electrons. The van der Waals surface area contributed by atoms with Gasteiger partial charge in [-0.05, 0) is 19.3 Å². The van der Waals surface area contributed by atoms with E-state index < -0.39 is 0 Å². The molecule has 0 aliphatic carbocycles. The van der Waals surface area contributed by atoms with Gasteiger partial charge in [0, 0.05) is 13.0 Å². The van der Waals surface area contributed by atoms with Gasteiger partial charge in [-0.1, -0.05) is 19.1 Å². The molecule has 2 heteroatoms. The molecule has 2 nitrogen and oxygen atoms in total. The van der Waals surface area contributed by atoms with E-state index in [1.807, 2.05) is 6.92 Å². The predicted molar refractivity (Wildman–Crippen MR) is 48.0 cm³/mol. The Morgan fingerprint density at radius 1 is 1.67 bits per heavy atom. The molecule has 0 bridgehead atoms. The molecule has 0 saturated carbocycles. The lowest BCUT2D eigenvalue weighted by Crippen LogP contribution is -2.19. The van der Waals surface area contributed by atoms with E-state index in [0.717, 1.165) is 31.4 Å². The third-order valence-electron chi connectivity index (χ3n) is 2.21. The Balaban J connectivity index is 2.32. The van der Waals surface area contributed by atoms with Crippen LogP contribution in [0, 0.1) is 0 Å². The lowest BCUT2D eigenvalue weighted by Gasteiger charge is -2.08. The highest BCUT2D eigenvalue weighted by atomic mass is 16.5. The SMILES string of the molecule is C=C(CC)CC(=O)C1CCCO1. The highest BCUT2D eigenvalue weighted by Gasteiger charge is 2.23. The molecule has 1 unspecified atom stereocenters. The molecule has 0 radical (unpaired) electrons. The van der Waals surface area contributed by atoms with Crippen molar-refractivity contribution < 1.29 is 9.53 Å². The molecule has 0 aromatic heterocycles. The fraction of sp³-hybridized carbons (Fsp3) is 0.700. The number of ketones is 1. The maximum atomic E-state index is 11.4. The standard InChI is InChI=1S/C10H16O2/c1-3-8(2)7-9(11)10-5-4-6-12-10/h10H,2-7H2,1H3. The number of Topliss-reactive ketones (excluding diaryl/α,β-unsaturated/α-hetero) is 1. The van der Waals surface area contributed by atoms with Crippen LogP contribution in [-0.2, 0) is 9.53 Å². The van der Waals surface area contributed by atoms with Gasteiger partial charge in [0.25, 0.3) is 0 Å². The molecule has 0 spiro atoms. The number of carbonyl (C=O) groups excluding carboxylic acids is 1. The van der Waals surface area contributed by atoms with Gasteiger partial charge in [0.2, 0.25) is 0 Å². The molecule has 1 saturated heterocycles. The van der Waals surface area contributed by atoms with E-state index in [2.05, 4.69) is 6.58 Å². The van der Waals surface area contributed by atoms with Gasteiger partial charge in [0.15, 0.2) is 5.78 Å². The zero-order valence-electron chi connectivity index (χ0n) is 7.64. The van der Waals surface area contributed by atoms with Gasteiger partial charge in [-0.25, -0.2) is 0 Å². The lowest BCUT2D eigenvalue weighted by molar-refractivity contribution is -0.127. The summed E-state index contributed by atoms with van der Waals surface area (Å²) in [6.45, 7) is 6.57. The van der Waals surface area contributed by atoms with Crippen molar-refractivity contribution in [2.45, 2.75) is 38.7 Å². The number of ether oxygens (including phenoxy) is 1. The first kappa shape index (κ1) is 9.46. The third kappa shape index (κ3) is 2.45. The summed E-state index contributed by atoms with van der Waals surface area (Å²) >= 11 is 0. The molecule has 1 fully saturated rings. The summed E-state index contributed by atoms with van der Waals surface area (Å²) in [4.78, 5) is 11.4. The second-order valence-electron chi connectivity index (χ2n) is 3.25. The van der Waals surface area contributed by atoms with E-state index in [4.69, 9.17) is 4.74 Å². The molecule has 0 aromatic rings. The number of carbonyl (C=O) groups is 1. The summed E-state index contributed by atoms with van der Waals surface area (Å²) < 4.78 is 5.27. The molecule has 1 aliphatic rings. The Morgan fingerprint density at radius 2 is 2.42 bits per heavy atom. The van der Waals surface area contributed by atoms with Gasteiger partial charge in [0.05, 0.1) is 0 Å². The van der Waals surface area contributed by atoms with E-state index in [1.54, 1.807) is 0 Å². The Morgan fingerprint density at radius 3 is 2.92 bits per heavy atom. The topological polar surface area (TPSA) is 26.3 Å². The van der Waals surface area contributed by atoms with E-state index in [1.165, 1.54) is 0 Å². The normalized spacial score (nSPS) is 22.6. The first-order valence-electron chi connectivity index (χ1n) is 4.55. The van der Waals surface area contributed by atoms with Crippen LogP contribution in [-0.4, -0.2) is 18.5 Å². The van der Waals surface area contributed by atoms with Crippen LogP contribution in [0.5, 0.6) is 0 Å². The quantitative estimate of drug-likeness (QED) is 0.601. The van der Waals surface area contributed by atoms with Crippen LogP contribution < -0.4 is 0 Å². The van der Waals surface area contributed by atoms with Gasteiger partial charge >= 0.3 is 0 Å². The highest BCUT2D eigenvalue weighted by Crippen LogP contribution is 2.16. The Hall–Kier alpha value is -0.630. The summed E-state index contributed by atoms with van der Waals surface area (Å²) in [7, 11) is 0. The van der Waals surface area contributed by atoms with Gasteiger partial charge in [0.1, 0.15) is 6.10 Å². The Kier molecular flexibility index (Phi) is 3.48. The maximum Gasteiger partial charge on any atom is 0.165 e. The second kappa shape index (κ2) is 4.41. The van der Waals surface area contributed by atoms with Crippen molar-refractivity contribution in [3.8, 4) is 0 Å². The smallest absolute Gasteiger partial charge is 0.165 e. The highest BCUT2D eigenvalue weighted by molar-refractivity contribution is 5.85. The van der Waals surface area contributed by atoms with Crippen molar-refractivity contribution in [3.05, 3.63) is 12.2 Å². The Labute approximate surface area is 73.6 Å². The van der Waals surface area contributed by atoms with Gasteiger partial charge in [-0.2, -0.15) is 0 Å². The fourth-order valence-corrected chi connectivity index (χ4v) is 1.32. The van der Waals surface area contributed by atoms with Crippen LogP contribution in [0.15, 0.2) is 12.2 Å². The van der Waals surface area contributed by atoms with Crippen molar-refractivity contribution in [1.82, 2.24) is 0 Å². The summed E-state index contributed by atoms with van der Waals surface area (Å²) in [5.74, 6) is 0.208. The molecular formula is C10H16O2. The lowest BCUT2D eigenvalue weighted by atomic mass is 10.0. The third-order valence-corrected chi connectivity index (χ3v) is 2.21. The van der Waals surface area contributed by atoms with Gasteiger partial charge in [-0.3, -0.25) is 4.79 Å². The number of rotatable bonds is 4. The molecule has 0 N–H and O–H groups in total. The van der Waals surface area contributed by atoms with Crippen molar-refractivity contribution in [1.29, 1.82) is 0 Å². The first-order valence-corrected chi connectivity index (χ1v) is 4.55. The molecule has 1 heterocycles. The first-order chi connectivity index (χ1) is 5.74. The second-order valence-corrected chi connectivity index (χ2v) is 3.25. The van der Waals surface area contributed by atoms with Crippen LogP contribution in [0.4, 0.5) is 0 Å². The molecule has 0 aromatic carbocycles. The minimum atomic E-state index is -0.131. The summed E-state index contributed by atoms with van der Waals surface area (Å²) in [5, 5.41) is 0. The monoisotopic (exact) mass is 168 g/mol. The van der Waals surface area contributed by atoms with Crippen molar-refractivity contribution >= 4 is 5.78 Å². The zero-order chi connectivity index (χ0) is 8.97.